The normalized spacial score (nSPS) is 16.7. The molecule has 0 atom stereocenters. The van der Waals surface area contributed by atoms with Crippen molar-refractivity contribution in [2.24, 2.45) is 7.05 Å². The van der Waals surface area contributed by atoms with E-state index in [9.17, 15) is 9.59 Å². The fraction of sp³-hybridized carbons (Fsp3) is 0.286. The largest absolute Gasteiger partial charge is 0.354 e. The minimum absolute atomic E-state index is 0.308. The van der Waals surface area contributed by atoms with E-state index in [0.29, 0.717) is 11.1 Å². The summed E-state index contributed by atoms with van der Waals surface area (Å²) in [6.07, 6.45) is 4.07. The van der Waals surface area contributed by atoms with Gasteiger partial charge in [-0.2, -0.15) is 11.8 Å². The first kappa shape index (κ1) is 21.0. The van der Waals surface area contributed by atoms with Crippen LogP contribution in [0.15, 0.2) is 42.6 Å². The van der Waals surface area contributed by atoms with E-state index >= 15 is 0 Å². The summed E-state index contributed by atoms with van der Waals surface area (Å²) in [5, 5.41) is 7.32. The SMILES string of the molecule is Cn1ccc2ccc3c4[nH]c5c(CCCN6CCSCC6)cccc5c4c4c(c3c21)C(=O)NC4=O. The minimum Gasteiger partial charge on any atom is -0.354 e. The molecule has 35 heavy (non-hydrogen) atoms. The molecule has 2 N–H and O–H groups in total. The van der Waals surface area contributed by atoms with Gasteiger partial charge in [0, 0.05) is 70.3 Å². The highest BCUT2D eigenvalue weighted by Gasteiger charge is 2.34. The van der Waals surface area contributed by atoms with Gasteiger partial charge in [0.25, 0.3) is 11.8 Å². The zero-order valence-electron chi connectivity index (χ0n) is 19.6. The number of aryl methyl sites for hydroxylation is 2. The molecule has 2 aliphatic rings. The number of amides is 2. The first-order valence-electron chi connectivity index (χ1n) is 12.2. The van der Waals surface area contributed by atoms with E-state index in [-0.39, 0.29) is 11.8 Å². The Kier molecular flexibility index (Phi) is 4.73. The van der Waals surface area contributed by atoms with E-state index in [0.717, 1.165) is 62.9 Å². The summed E-state index contributed by atoms with van der Waals surface area (Å²) in [6, 6.07) is 12.6. The van der Waals surface area contributed by atoms with Gasteiger partial charge in [-0.1, -0.05) is 30.3 Å². The van der Waals surface area contributed by atoms with Gasteiger partial charge in [0.2, 0.25) is 0 Å². The van der Waals surface area contributed by atoms with Crippen molar-refractivity contribution in [2.45, 2.75) is 12.8 Å². The molecule has 4 heterocycles. The maximum atomic E-state index is 13.1. The van der Waals surface area contributed by atoms with Gasteiger partial charge in [-0.15, -0.1) is 0 Å². The Labute approximate surface area is 206 Å². The molecule has 3 aromatic carbocycles. The third-order valence-corrected chi connectivity index (χ3v) is 8.63. The smallest absolute Gasteiger partial charge is 0.259 e. The van der Waals surface area contributed by atoms with Crippen LogP contribution in [0, 0.1) is 0 Å². The van der Waals surface area contributed by atoms with Crippen LogP contribution < -0.4 is 5.32 Å². The van der Waals surface area contributed by atoms with Gasteiger partial charge in [-0.05, 0) is 31.0 Å². The van der Waals surface area contributed by atoms with Crippen LogP contribution in [0.4, 0.5) is 0 Å². The molecule has 1 saturated heterocycles. The lowest BCUT2D eigenvalue weighted by Crippen LogP contribution is -2.33. The van der Waals surface area contributed by atoms with Crippen molar-refractivity contribution >= 4 is 67.1 Å². The van der Waals surface area contributed by atoms with Gasteiger partial charge in [0.15, 0.2) is 0 Å². The topological polar surface area (TPSA) is 70.1 Å². The van der Waals surface area contributed by atoms with E-state index in [1.807, 2.05) is 35.6 Å². The number of thioether (sulfide) groups is 1. The molecule has 0 unspecified atom stereocenters. The second-order valence-electron chi connectivity index (χ2n) is 9.66. The summed E-state index contributed by atoms with van der Waals surface area (Å²) in [4.78, 5) is 32.4. The second kappa shape index (κ2) is 7.86. The molecule has 6 nitrogen and oxygen atoms in total. The van der Waals surface area contributed by atoms with Crippen LogP contribution in [0.1, 0.15) is 32.7 Å². The predicted octanol–water partition coefficient (Wildman–Crippen LogP) is 4.83. The molecule has 0 aliphatic carbocycles. The Balaban J connectivity index is 1.45. The molecule has 5 aromatic rings. The van der Waals surface area contributed by atoms with Gasteiger partial charge < -0.3 is 14.5 Å². The molecule has 0 radical (unpaired) electrons. The average molecular weight is 483 g/mol. The number of H-pyrrole nitrogens is 1. The predicted molar refractivity (Wildman–Crippen MR) is 144 cm³/mol. The van der Waals surface area contributed by atoms with Crippen LogP contribution in [0.5, 0.6) is 0 Å². The molecule has 1 fully saturated rings. The molecule has 7 heteroatoms. The van der Waals surface area contributed by atoms with Crippen molar-refractivity contribution in [3.8, 4) is 0 Å². The number of rotatable bonds is 4. The number of fused-ring (bicyclic) bond motifs is 10. The molecule has 2 aliphatic heterocycles. The third-order valence-electron chi connectivity index (χ3n) is 7.68. The van der Waals surface area contributed by atoms with Crippen molar-refractivity contribution in [2.75, 3.05) is 31.1 Å². The second-order valence-corrected chi connectivity index (χ2v) is 10.9. The summed E-state index contributed by atoms with van der Waals surface area (Å²) >= 11 is 2.04. The zero-order chi connectivity index (χ0) is 23.7. The lowest BCUT2D eigenvalue weighted by molar-refractivity contribution is 0.0880. The van der Waals surface area contributed by atoms with E-state index < -0.39 is 0 Å². The van der Waals surface area contributed by atoms with Crippen molar-refractivity contribution in [3.63, 3.8) is 0 Å². The summed E-state index contributed by atoms with van der Waals surface area (Å²) in [5.41, 5.74) is 5.24. The molecular formula is C28H26N4O2S. The number of hydrogen-bond donors (Lipinski definition) is 2. The highest BCUT2D eigenvalue weighted by molar-refractivity contribution is 7.99. The standard InChI is InChI=1S/C28H26N4O2S/c1-31-11-9-17-7-8-19-21(26(17)31)23-22(27(33)30-28(23)34)20-18-6-2-4-16(24(18)29-25(19)20)5-3-10-32-12-14-35-15-13-32/h2,4,6-9,11,29H,3,5,10,12-15H2,1H3,(H,30,33,34). The fourth-order valence-corrected chi connectivity index (χ4v) is 7.03. The molecule has 2 aromatic heterocycles. The van der Waals surface area contributed by atoms with Crippen LogP contribution in [-0.2, 0) is 13.5 Å². The molecule has 7 rings (SSSR count). The Morgan fingerprint density at radius 2 is 1.69 bits per heavy atom. The zero-order valence-corrected chi connectivity index (χ0v) is 20.4. The van der Waals surface area contributed by atoms with Crippen LogP contribution in [0.3, 0.4) is 0 Å². The molecule has 176 valence electrons. The van der Waals surface area contributed by atoms with E-state index in [1.165, 1.54) is 30.2 Å². The summed E-state index contributed by atoms with van der Waals surface area (Å²) in [5.74, 6) is 1.84. The molecule has 2 amide bonds. The lowest BCUT2D eigenvalue weighted by atomic mass is 9.93. The van der Waals surface area contributed by atoms with Crippen molar-refractivity contribution in [1.29, 1.82) is 0 Å². The number of aromatic nitrogens is 2. The number of nitrogens with one attached hydrogen (secondary N) is 2. The van der Waals surface area contributed by atoms with Gasteiger partial charge in [-0.25, -0.2) is 0 Å². The minimum atomic E-state index is -0.309. The number of hydrogen-bond acceptors (Lipinski definition) is 4. The Morgan fingerprint density at radius 3 is 2.51 bits per heavy atom. The maximum absolute atomic E-state index is 13.1. The average Bonchev–Trinajstić information content (AvgIpc) is 3.53. The van der Waals surface area contributed by atoms with Crippen LogP contribution >= 0.6 is 11.8 Å². The van der Waals surface area contributed by atoms with Crippen molar-refractivity contribution < 1.29 is 9.59 Å². The number of nitrogens with zero attached hydrogens (tertiary/aromatic N) is 2. The molecular weight excluding hydrogens is 456 g/mol. The fourth-order valence-electron chi connectivity index (χ4n) is 6.05. The summed E-state index contributed by atoms with van der Waals surface area (Å²) < 4.78 is 2.03. The van der Waals surface area contributed by atoms with Gasteiger partial charge in [0.05, 0.1) is 22.2 Å². The third kappa shape index (κ3) is 3.08. The number of aromatic amines is 1. The molecule has 0 bridgehead atoms. The van der Waals surface area contributed by atoms with Crippen molar-refractivity contribution in [1.82, 2.24) is 19.8 Å². The van der Waals surface area contributed by atoms with Crippen molar-refractivity contribution in [3.05, 3.63) is 59.3 Å². The Bertz CT molecular complexity index is 1690. The van der Waals surface area contributed by atoms with Crippen LogP contribution in [-0.4, -0.2) is 57.4 Å². The highest BCUT2D eigenvalue weighted by Crippen LogP contribution is 2.42. The number of imide groups is 1. The summed E-state index contributed by atoms with van der Waals surface area (Å²) in [6.45, 7) is 3.46. The number of para-hydroxylation sites is 1. The Morgan fingerprint density at radius 1 is 0.914 bits per heavy atom. The van der Waals surface area contributed by atoms with E-state index in [2.05, 4.69) is 45.5 Å². The first-order valence-corrected chi connectivity index (χ1v) is 13.4. The molecule has 0 spiro atoms. The van der Waals surface area contributed by atoms with Crippen LogP contribution in [0.25, 0.3) is 43.5 Å². The quantitative estimate of drug-likeness (QED) is 0.360. The molecule has 0 saturated carbocycles. The first-order chi connectivity index (χ1) is 17.1. The van der Waals surface area contributed by atoms with Gasteiger partial charge in [0.1, 0.15) is 0 Å². The van der Waals surface area contributed by atoms with E-state index in [4.69, 9.17) is 0 Å². The highest BCUT2D eigenvalue weighted by atomic mass is 32.2. The number of carbonyl (C=O) groups is 2. The van der Waals surface area contributed by atoms with Gasteiger partial charge in [-0.3, -0.25) is 14.9 Å². The summed E-state index contributed by atoms with van der Waals surface area (Å²) in [7, 11) is 1.98. The lowest BCUT2D eigenvalue weighted by Gasteiger charge is -2.25. The Hall–Kier alpha value is -3.29. The van der Waals surface area contributed by atoms with Crippen LogP contribution in [0.2, 0.25) is 0 Å². The monoisotopic (exact) mass is 482 g/mol. The van der Waals surface area contributed by atoms with Gasteiger partial charge >= 0.3 is 0 Å². The number of carbonyl (C=O) groups excluding carboxylic acids is 2. The number of benzene rings is 3. The van der Waals surface area contributed by atoms with E-state index in [1.54, 1.807) is 0 Å². The maximum Gasteiger partial charge on any atom is 0.259 e.